The van der Waals surface area contributed by atoms with Crippen LogP contribution in [0.2, 0.25) is 0 Å². The van der Waals surface area contributed by atoms with Gasteiger partial charge in [0.2, 0.25) is 0 Å². The molecule has 1 unspecified atom stereocenters. The van der Waals surface area contributed by atoms with Gasteiger partial charge in [0.05, 0.1) is 24.7 Å². The largest absolute Gasteiger partial charge is 0.465 e. The number of nitrogens with zero attached hydrogens (tertiary/aromatic N) is 2. The van der Waals surface area contributed by atoms with Gasteiger partial charge in [-0.1, -0.05) is 6.92 Å². The van der Waals surface area contributed by atoms with Crippen molar-refractivity contribution in [1.82, 2.24) is 0 Å². The summed E-state index contributed by atoms with van der Waals surface area (Å²) in [5, 5.41) is 16.6. The van der Waals surface area contributed by atoms with Crippen LogP contribution in [-0.4, -0.2) is 12.6 Å². The van der Waals surface area contributed by atoms with Gasteiger partial charge in [-0.25, -0.2) is 0 Å². The highest BCUT2D eigenvalue weighted by Crippen LogP contribution is 2.07. The van der Waals surface area contributed by atoms with E-state index in [0.29, 0.717) is 25.9 Å². The van der Waals surface area contributed by atoms with Crippen molar-refractivity contribution in [3.8, 4) is 12.1 Å². The predicted molar refractivity (Wildman–Crippen MR) is 54.4 cm³/mol. The number of rotatable bonds is 7. The van der Waals surface area contributed by atoms with Crippen LogP contribution in [0.5, 0.6) is 0 Å². The Morgan fingerprint density at radius 2 is 1.93 bits per heavy atom. The first kappa shape index (κ1) is 13.4. The lowest BCUT2D eigenvalue weighted by atomic mass is 10.1. The summed E-state index contributed by atoms with van der Waals surface area (Å²) in [6.07, 6.45) is 2.92. The molecule has 0 saturated heterocycles. The maximum Gasteiger partial charge on any atom is 0.308 e. The van der Waals surface area contributed by atoms with Gasteiger partial charge in [-0.3, -0.25) is 4.79 Å². The first-order valence-corrected chi connectivity index (χ1v) is 5.13. The van der Waals surface area contributed by atoms with Gasteiger partial charge in [-0.05, 0) is 19.3 Å². The van der Waals surface area contributed by atoms with Crippen LogP contribution in [0.4, 0.5) is 0 Å². The average Bonchev–Trinajstić information content (AvgIpc) is 2.25. The molecule has 0 N–H and O–H groups in total. The highest BCUT2D eigenvalue weighted by molar-refractivity contribution is 5.71. The Balaban J connectivity index is 3.48. The summed E-state index contributed by atoms with van der Waals surface area (Å²) < 4.78 is 4.99. The number of ether oxygens (including phenoxy) is 1. The van der Waals surface area contributed by atoms with Crippen LogP contribution in [0.25, 0.3) is 0 Å². The molecule has 0 radical (unpaired) electrons. The van der Waals surface area contributed by atoms with Crippen LogP contribution < -0.4 is 0 Å². The molecule has 0 aliphatic heterocycles. The second-order valence-electron chi connectivity index (χ2n) is 3.38. The lowest BCUT2D eigenvalue weighted by Gasteiger charge is -2.09. The number of nitriles is 2. The molecular weight excluding hydrogens is 192 g/mol. The molecule has 0 saturated carbocycles. The Bertz CT molecular complexity index is 263. The summed E-state index contributed by atoms with van der Waals surface area (Å²) >= 11 is 0. The minimum Gasteiger partial charge on any atom is -0.465 e. The summed E-state index contributed by atoms with van der Waals surface area (Å²) in [6.45, 7) is 2.13. The normalized spacial score (nSPS) is 11.1. The van der Waals surface area contributed by atoms with Crippen LogP contribution in [0.1, 0.15) is 39.0 Å². The first-order valence-electron chi connectivity index (χ1n) is 5.13. The zero-order valence-electron chi connectivity index (χ0n) is 9.03. The van der Waals surface area contributed by atoms with Crippen molar-refractivity contribution in [2.75, 3.05) is 6.61 Å². The van der Waals surface area contributed by atoms with E-state index in [-0.39, 0.29) is 11.9 Å². The summed E-state index contributed by atoms with van der Waals surface area (Å²) in [7, 11) is 0. The molecule has 0 fully saturated rings. The Morgan fingerprint density at radius 1 is 1.27 bits per heavy atom. The van der Waals surface area contributed by atoms with Crippen LogP contribution in [0, 0.1) is 28.6 Å². The van der Waals surface area contributed by atoms with E-state index in [2.05, 4.69) is 0 Å². The zero-order valence-corrected chi connectivity index (χ0v) is 9.03. The third-order valence-corrected chi connectivity index (χ3v) is 2.02. The molecule has 0 amide bonds. The topological polar surface area (TPSA) is 73.9 Å². The smallest absolute Gasteiger partial charge is 0.308 e. The van der Waals surface area contributed by atoms with Gasteiger partial charge in [0.25, 0.3) is 0 Å². The maximum atomic E-state index is 11.3. The van der Waals surface area contributed by atoms with E-state index in [4.69, 9.17) is 15.3 Å². The lowest BCUT2D eigenvalue weighted by molar-refractivity contribution is -0.148. The molecule has 0 aliphatic carbocycles. The van der Waals surface area contributed by atoms with Crippen molar-refractivity contribution in [3.05, 3.63) is 0 Å². The standard InChI is InChI=1S/C11H16N2O2/c1-10(6-5-8-13)11(14)15-9-4-2-3-7-12/h10H,2-6,9H2,1H3. The van der Waals surface area contributed by atoms with Gasteiger partial charge < -0.3 is 4.74 Å². The number of hydrogen-bond donors (Lipinski definition) is 0. The molecule has 0 spiro atoms. The van der Waals surface area contributed by atoms with Crippen molar-refractivity contribution in [3.63, 3.8) is 0 Å². The van der Waals surface area contributed by atoms with E-state index in [0.717, 1.165) is 12.8 Å². The second-order valence-corrected chi connectivity index (χ2v) is 3.38. The number of carbonyl (C=O) groups is 1. The predicted octanol–water partition coefficient (Wildman–Crippen LogP) is 2.16. The van der Waals surface area contributed by atoms with E-state index in [1.54, 1.807) is 6.92 Å². The minimum absolute atomic E-state index is 0.208. The fourth-order valence-electron chi connectivity index (χ4n) is 1.02. The zero-order chi connectivity index (χ0) is 11.5. The van der Waals surface area contributed by atoms with Crippen molar-refractivity contribution in [2.24, 2.45) is 5.92 Å². The highest BCUT2D eigenvalue weighted by atomic mass is 16.5. The molecule has 1 atom stereocenters. The minimum atomic E-state index is -0.248. The van der Waals surface area contributed by atoms with Crippen molar-refractivity contribution in [1.29, 1.82) is 10.5 Å². The van der Waals surface area contributed by atoms with Crippen LogP contribution in [0.15, 0.2) is 0 Å². The van der Waals surface area contributed by atoms with E-state index in [1.807, 2.05) is 12.1 Å². The number of carbonyl (C=O) groups excluding carboxylic acids is 1. The van der Waals surface area contributed by atoms with E-state index >= 15 is 0 Å². The molecule has 82 valence electrons. The van der Waals surface area contributed by atoms with Gasteiger partial charge in [-0.15, -0.1) is 0 Å². The molecule has 0 rings (SSSR count). The van der Waals surface area contributed by atoms with Crippen molar-refractivity contribution >= 4 is 5.97 Å². The Morgan fingerprint density at radius 3 is 2.53 bits per heavy atom. The van der Waals surface area contributed by atoms with Crippen molar-refractivity contribution in [2.45, 2.75) is 39.0 Å². The molecule has 0 aliphatic rings. The summed E-state index contributed by atoms with van der Waals surface area (Å²) in [6, 6.07) is 4.02. The first-order chi connectivity index (χ1) is 7.22. The molecule has 4 nitrogen and oxygen atoms in total. The molecule has 0 bridgehead atoms. The van der Waals surface area contributed by atoms with Gasteiger partial charge in [0.1, 0.15) is 0 Å². The van der Waals surface area contributed by atoms with Crippen molar-refractivity contribution < 1.29 is 9.53 Å². The molecule has 4 heteroatoms. The average molecular weight is 208 g/mol. The Hall–Kier alpha value is -1.55. The number of esters is 1. The SMILES string of the molecule is CC(CCC#N)C(=O)OCCCCC#N. The van der Waals surface area contributed by atoms with Gasteiger partial charge in [0, 0.05) is 12.8 Å². The Kier molecular flexibility index (Phi) is 8.09. The van der Waals surface area contributed by atoms with Crippen LogP contribution in [0.3, 0.4) is 0 Å². The number of unbranched alkanes of at least 4 members (excludes halogenated alkanes) is 2. The number of hydrogen-bond acceptors (Lipinski definition) is 4. The van der Waals surface area contributed by atoms with Gasteiger partial charge in [0.15, 0.2) is 0 Å². The fraction of sp³-hybridized carbons (Fsp3) is 0.727. The van der Waals surface area contributed by atoms with Gasteiger partial charge in [-0.2, -0.15) is 10.5 Å². The summed E-state index contributed by atoms with van der Waals surface area (Å²) in [4.78, 5) is 11.3. The third-order valence-electron chi connectivity index (χ3n) is 2.02. The second kappa shape index (κ2) is 9.02. The molecule has 15 heavy (non-hydrogen) atoms. The van der Waals surface area contributed by atoms with E-state index < -0.39 is 0 Å². The highest BCUT2D eigenvalue weighted by Gasteiger charge is 2.13. The fourth-order valence-corrected chi connectivity index (χ4v) is 1.02. The third kappa shape index (κ3) is 7.52. The van der Waals surface area contributed by atoms with E-state index in [9.17, 15) is 4.79 Å². The maximum absolute atomic E-state index is 11.3. The monoisotopic (exact) mass is 208 g/mol. The Labute approximate surface area is 90.4 Å². The van der Waals surface area contributed by atoms with Gasteiger partial charge >= 0.3 is 5.97 Å². The quantitative estimate of drug-likeness (QED) is 0.474. The molecule has 0 aromatic heterocycles. The lowest BCUT2D eigenvalue weighted by Crippen LogP contribution is -2.15. The molecular formula is C11H16N2O2. The summed E-state index contributed by atoms with van der Waals surface area (Å²) in [5.41, 5.74) is 0. The van der Waals surface area contributed by atoms with Crippen LogP contribution >= 0.6 is 0 Å². The molecule has 0 heterocycles. The summed E-state index contributed by atoms with van der Waals surface area (Å²) in [5.74, 6) is -0.456. The van der Waals surface area contributed by atoms with E-state index in [1.165, 1.54) is 0 Å². The molecule has 0 aromatic carbocycles. The van der Waals surface area contributed by atoms with Crippen LogP contribution in [-0.2, 0) is 9.53 Å². The molecule has 0 aromatic rings.